The highest BCUT2D eigenvalue weighted by atomic mass is 32.2. The summed E-state index contributed by atoms with van der Waals surface area (Å²) in [6, 6.07) is 7.80. The molecular weight excluding hydrogens is 284 g/mol. The Hall–Kier alpha value is -1.24. The number of hydrogen-bond acceptors (Lipinski definition) is 5. The summed E-state index contributed by atoms with van der Waals surface area (Å²) in [5.41, 5.74) is 6.46. The normalized spacial score (nSPS) is 11.0. The number of benzene rings is 1. The second kappa shape index (κ2) is 10.5. The minimum Gasteiger partial charge on any atom is -0.399 e. The van der Waals surface area contributed by atoms with E-state index in [1.54, 1.807) is 11.9 Å². The van der Waals surface area contributed by atoms with Gasteiger partial charge in [-0.15, -0.1) is 0 Å². The molecule has 0 aliphatic rings. The van der Waals surface area contributed by atoms with Gasteiger partial charge in [0.05, 0.1) is 0 Å². The molecule has 0 fully saturated rings. The molecule has 118 valence electrons. The molecule has 0 saturated heterocycles. The third kappa shape index (κ3) is 8.60. The minimum absolute atomic E-state index is 0.670. The van der Waals surface area contributed by atoms with E-state index < -0.39 is 0 Å². The zero-order valence-corrected chi connectivity index (χ0v) is 13.7. The first-order chi connectivity index (χ1) is 10.1. The molecule has 1 amide bonds. The molecule has 0 aromatic heterocycles. The van der Waals surface area contributed by atoms with Gasteiger partial charge in [0.15, 0.2) is 0 Å². The zero-order valence-electron chi connectivity index (χ0n) is 12.8. The molecule has 0 aliphatic heterocycles. The van der Waals surface area contributed by atoms with Crippen LogP contribution in [0.4, 0.5) is 5.69 Å². The van der Waals surface area contributed by atoms with E-state index in [4.69, 9.17) is 5.73 Å². The maximum atomic E-state index is 10.2. The second-order valence-electron chi connectivity index (χ2n) is 5.36. The van der Waals surface area contributed by atoms with Gasteiger partial charge in [-0.3, -0.25) is 4.79 Å². The first kappa shape index (κ1) is 17.8. The fraction of sp³-hybridized carbons (Fsp3) is 0.533. The largest absolute Gasteiger partial charge is 0.399 e. The summed E-state index contributed by atoms with van der Waals surface area (Å²) in [5, 5.41) is 4.89. The first-order valence-corrected chi connectivity index (χ1v) is 8.13. The van der Waals surface area contributed by atoms with Gasteiger partial charge >= 0.3 is 0 Å². The van der Waals surface area contributed by atoms with Crippen molar-refractivity contribution in [3.8, 4) is 0 Å². The van der Waals surface area contributed by atoms with E-state index in [-0.39, 0.29) is 0 Å². The molecule has 0 aliphatic carbocycles. The molecule has 1 rings (SSSR count). The van der Waals surface area contributed by atoms with Crippen LogP contribution in [0.5, 0.6) is 0 Å². The SMILES string of the molecule is CC(C)CCN(CCCNC=O)NSc1ccc(N)cc1. The molecule has 6 heteroatoms. The van der Waals surface area contributed by atoms with E-state index in [2.05, 4.69) is 29.0 Å². The number of carbonyl (C=O) groups excluding carboxylic acids is 1. The molecule has 1 aromatic rings. The fourth-order valence-electron chi connectivity index (χ4n) is 1.70. The molecular formula is C15H26N4OS. The Morgan fingerprint density at radius 1 is 1.29 bits per heavy atom. The number of nitrogens with zero attached hydrogens (tertiary/aromatic N) is 1. The molecule has 21 heavy (non-hydrogen) atoms. The van der Waals surface area contributed by atoms with Crippen LogP contribution in [-0.4, -0.2) is 31.1 Å². The van der Waals surface area contributed by atoms with Gasteiger partial charge in [-0.05, 0) is 55.0 Å². The Morgan fingerprint density at radius 2 is 2.00 bits per heavy atom. The van der Waals surface area contributed by atoms with Crippen molar-refractivity contribution in [1.82, 2.24) is 15.2 Å². The molecule has 5 nitrogen and oxygen atoms in total. The smallest absolute Gasteiger partial charge is 0.207 e. The Labute approximate surface area is 131 Å². The van der Waals surface area contributed by atoms with Gasteiger partial charge in [-0.25, -0.2) is 5.01 Å². The van der Waals surface area contributed by atoms with Gasteiger partial charge in [-0.2, -0.15) is 4.83 Å². The highest BCUT2D eigenvalue weighted by molar-refractivity contribution is 7.97. The molecule has 0 radical (unpaired) electrons. The van der Waals surface area contributed by atoms with Crippen molar-refractivity contribution in [3.63, 3.8) is 0 Å². The predicted molar refractivity (Wildman–Crippen MR) is 89.6 cm³/mol. The number of nitrogen functional groups attached to an aromatic ring is 1. The summed E-state index contributed by atoms with van der Waals surface area (Å²) < 4.78 is 0. The lowest BCUT2D eigenvalue weighted by molar-refractivity contribution is -0.109. The lowest BCUT2D eigenvalue weighted by Gasteiger charge is -2.23. The maximum Gasteiger partial charge on any atom is 0.207 e. The van der Waals surface area contributed by atoms with E-state index in [9.17, 15) is 4.79 Å². The number of hydrogen-bond donors (Lipinski definition) is 3. The van der Waals surface area contributed by atoms with Crippen LogP contribution in [0.2, 0.25) is 0 Å². The van der Waals surface area contributed by atoms with Crippen molar-refractivity contribution in [1.29, 1.82) is 0 Å². The molecule has 0 unspecified atom stereocenters. The maximum absolute atomic E-state index is 10.2. The fourth-order valence-corrected chi connectivity index (χ4v) is 2.39. The average Bonchev–Trinajstić information content (AvgIpc) is 2.47. The van der Waals surface area contributed by atoms with Gasteiger partial charge in [0, 0.05) is 30.2 Å². The molecule has 0 saturated carbocycles. The van der Waals surface area contributed by atoms with Gasteiger partial charge in [0.1, 0.15) is 0 Å². The Kier molecular flexibility index (Phi) is 8.89. The lowest BCUT2D eigenvalue weighted by atomic mass is 10.1. The van der Waals surface area contributed by atoms with Crippen LogP contribution in [0.1, 0.15) is 26.7 Å². The highest BCUT2D eigenvalue weighted by Gasteiger charge is 2.06. The van der Waals surface area contributed by atoms with E-state index in [0.29, 0.717) is 12.5 Å². The van der Waals surface area contributed by atoms with E-state index in [0.717, 1.165) is 42.9 Å². The Balaban J connectivity index is 2.38. The van der Waals surface area contributed by atoms with Crippen molar-refractivity contribution in [3.05, 3.63) is 24.3 Å². The van der Waals surface area contributed by atoms with Crippen LogP contribution >= 0.6 is 11.9 Å². The summed E-state index contributed by atoms with van der Waals surface area (Å²) in [4.78, 5) is 14.8. The Morgan fingerprint density at radius 3 is 2.62 bits per heavy atom. The highest BCUT2D eigenvalue weighted by Crippen LogP contribution is 2.17. The number of nitrogens with two attached hydrogens (primary N) is 1. The molecule has 4 N–H and O–H groups in total. The van der Waals surface area contributed by atoms with Crippen LogP contribution in [0.3, 0.4) is 0 Å². The van der Waals surface area contributed by atoms with Crippen LogP contribution < -0.4 is 15.9 Å². The number of amides is 1. The van der Waals surface area contributed by atoms with Crippen molar-refractivity contribution >= 4 is 24.0 Å². The zero-order chi connectivity index (χ0) is 15.5. The van der Waals surface area contributed by atoms with Crippen LogP contribution in [-0.2, 0) is 4.79 Å². The molecule has 0 spiro atoms. The van der Waals surface area contributed by atoms with Crippen molar-refractivity contribution < 1.29 is 4.79 Å². The number of anilines is 1. The molecule has 0 heterocycles. The van der Waals surface area contributed by atoms with Gasteiger partial charge in [0.25, 0.3) is 0 Å². The van der Waals surface area contributed by atoms with E-state index in [1.165, 1.54) is 0 Å². The minimum atomic E-state index is 0.670. The number of rotatable bonds is 11. The number of hydrazine groups is 1. The second-order valence-corrected chi connectivity index (χ2v) is 6.22. The summed E-state index contributed by atoms with van der Waals surface area (Å²) in [5.74, 6) is 0.670. The van der Waals surface area contributed by atoms with Crippen molar-refractivity contribution in [2.45, 2.75) is 31.6 Å². The quantitative estimate of drug-likeness (QED) is 0.192. The third-order valence-corrected chi connectivity index (χ3v) is 3.84. The standard InChI is InChI=1S/C15H26N4OS/c1-13(2)8-11-19(10-3-9-17-12-20)18-21-15-6-4-14(16)5-7-15/h4-7,12-13,18H,3,8-11,16H2,1-2H3,(H,17,20). The summed E-state index contributed by atoms with van der Waals surface area (Å²) >= 11 is 1.58. The molecule has 0 bridgehead atoms. The summed E-state index contributed by atoms with van der Waals surface area (Å²) in [6.07, 6.45) is 2.80. The van der Waals surface area contributed by atoms with E-state index >= 15 is 0 Å². The van der Waals surface area contributed by atoms with E-state index in [1.807, 2.05) is 24.3 Å². The monoisotopic (exact) mass is 310 g/mol. The van der Waals surface area contributed by atoms with Gasteiger partial charge < -0.3 is 11.1 Å². The summed E-state index contributed by atoms with van der Waals surface area (Å²) in [7, 11) is 0. The lowest BCUT2D eigenvalue weighted by Crippen LogP contribution is -2.36. The van der Waals surface area contributed by atoms with Crippen LogP contribution in [0.15, 0.2) is 29.2 Å². The van der Waals surface area contributed by atoms with Crippen LogP contribution in [0.25, 0.3) is 0 Å². The molecule has 0 atom stereocenters. The van der Waals surface area contributed by atoms with Crippen molar-refractivity contribution in [2.24, 2.45) is 5.92 Å². The van der Waals surface area contributed by atoms with Gasteiger partial charge in [0.2, 0.25) is 6.41 Å². The number of carbonyl (C=O) groups is 1. The topological polar surface area (TPSA) is 70.4 Å². The first-order valence-electron chi connectivity index (χ1n) is 7.32. The van der Waals surface area contributed by atoms with Crippen molar-refractivity contribution in [2.75, 3.05) is 25.4 Å². The Bertz CT molecular complexity index is 397. The number of nitrogens with one attached hydrogen (secondary N) is 2. The average molecular weight is 310 g/mol. The predicted octanol–water partition coefficient (Wildman–Crippen LogP) is 2.26. The van der Waals surface area contributed by atoms with Crippen LogP contribution in [0, 0.1) is 5.92 Å². The van der Waals surface area contributed by atoms with Gasteiger partial charge in [-0.1, -0.05) is 13.8 Å². The summed E-state index contributed by atoms with van der Waals surface area (Å²) in [6.45, 7) is 7.03. The molecule has 1 aromatic carbocycles. The third-order valence-electron chi connectivity index (χ3n) is 2.98.